The van der Waals surface area contributed by atoms with Crippen molar-refractivity contribution < 1.29 is 9.53 Å². The van der Waals surface area contributed by atoms with Crippen LogP contribution >= 0.6 is 0 Å². The summed E-state index contributed by atoms with van der Waals surface area (Å²) >= 11 is 0. The third-order valence-electron chi connectivity index (χ3n) is 2.85. The average Bonchev–Trinajstić information content (AvgIpc) is 2.69. The molecule has 0 atom stereocenters. The lowest BCUT2D eigenvalue weighted by Crippen LogP contribution is -2.27. The van der Waals surface area contributed by atoms with E-state index in [9.17, 15) is 9.59 Å². The lowest BCUT2D eigenvalue weighted by atomic mass is 10.3. The van der Waals surface area contributed by atoms with Gasteiger partial charge in [0.05, 0.1) is 11.0 Å². The number of hydrogen-bond donors (Lipinski definition) is 0. The number of carbonyl (C=O) groups excluding carboxylic acids is 1. The average molecular weight is 258 g/mol. The molecule has 2 rings (SSSR count). The lowest BCUT2D eigenvalue weighted by molar-refractivity contribution is -0.142. The molecule has 0 aliphatic carbocycles. The maximum Gasteiger partial charge on any atom is 0.329 e. The summed E-state index contributed by atoms with van der Waals surface area (Å²) in [5.41, 5.74) is 1.30. The summed E-state index contributed by atoms with van der Waals surface area (Å²) in [7, 11) is 0. The fraction of sp³-hybridized carbons (Fsp3) is 0.286. The summed E-state index contributed by atoms with van der Waals surface area (Å²) in [6.45, 7) is 2.22. The van der Waals surface area contributed by atoms with Crippen molar-refractivity contribution in [2.75, 3.05) is 6.61 Å². The van der Waals surface area contributed by atoms with Crippen molar-refractivity contribution in [2.24, 2.45) is 0 Å². The van der Waals surface area contributed by atoms with Crippen LogP contribution in [0.1, 0.15) is 6.92 Å². The summed E-state index contributed by atoms with van der Waals surface area (Å²) in [5, 5.41) is 0. The second kappa shape index (κ2) is 5.44. The summed E-state index contributed by atoms with van der Waals surface area (Å²) < 4.78 is 7.81. The largest absolute Gasteiger partial charge is 0.451 e. The smallest absolute Gasteiger partial charge is 0.329 e. The Bertz CT molecular complexity index is 704. The third kappa shape index (κ3) is 2.38. The minimum absolute atomic E-state index is 0.0833. The van der Waals surface area contributed by atoms with Gasteiger partial charge in [0.1, 0.15) is 6.54 Å². The molecular formula is C14H14N2O3. The third-order valence-corrected chi connectivity index (χ3v) is 2.85. The van der Waals surface area contributed by atoms with Crippen LogP contribution < -0.4 is 5.69 Å². The van der Waals surface area contributed by atoms with E-state index < -0.39 is 5.97 Å². The van der Waals surface area contributed by atoms with E-state index >= 15 is 0 Å². The van der Waals surface area contributed by atoms with E-state index in [1.807, 2.05) is 25.1 Å². The van der Waals surface area contributed by atoms with Crippen molar-refractivity contribution in [1.29, 1.82) is 0 Å². The maximum atomic E-state index is 12.2. The van der Waals surface area contributed by atoms with Gasteiger partial charge in [-0.3, -0.25) is 13.9 Å². The Labute approximate surface area is 110 Å². The number of fused-ring (bicyclic) bond motifs is 1. The number of para-hydroxylation sites is 2. The highest BCUT2D eigenvalue weighted by Crippen LogP contribution is 2.12. The predicted molar refractivity (Wildman–Crippen MR) is 71.7 cm³/mol. The molecular weight excluding hydrogens is 244 g/mol. The molecule has 0 fully saturated rings. The molecule has 0 saturated carbocycles. The number of esters is 1. The Morgan fingerprint density at radius 1 is 1.32 bits per heavy atom. The van der Waals surface area contributed by atoms with E-state index in [1.165, 1.54) is 4.57 Å². The molecule has 2 aromatic rings. The first-order valence-corrected chi connectivity index (χ1v) is 5.96. The molecule has 1 aromatic heterocycles. The first kappa shape index (κ1) is 13.0. The summed E-state index contributed by atoms with van der Waals surface area (Å²) in [4.78, 5) is 23.8. The minimum Gasteiger partial charge on any atom is -0.451 e. The fourth-order valence-electron chi connectivity index (χ4n) is 2.03. The molecule has 0 spiro atoms. The molecule has 0 N–H and O–H groups in total. The van der Waals surface area contributed by atoms with Crippen LogP contribution in [0.4, 0.5) is 0 Å². The molecule has 19 heavy (non-hydrogen) atoms. The molecule has 0 bridgehead atoms. The van der Waals surface area contributed by atoms with Gasteiger partial charge in [0, 0.05) is 6.54 Å². The zero-order valence-electron chi connectivity index (χ0n) is 10.6. The van der Waals surface area contributed by atoms with Crippen LogP contribution in [0.15, 0.2) is 29.1 Å². The van der Waals surface area contributed by atoms with Crippen molar-refractivity contribution in [3.8, 4) is 12.3 Å². The van der Waals surface area contributed by atoms with Gasteiger partial charge in [0.15, 0.2) is 6.61 Å². The molecule has 0 radical (unpaired) electrons. The van der Waals surface area contributed by atoms with Gasteiger partial charge in [-0.25, -0.2) is 4.79 Å². The lowest BCUT2D eigenvalue weighted by Gasteiger charge is -2.02. The number of terminal acetylenes is 1. The van der Waals surface area contributed by atoms with Crippen LogP contribution in [0.5, 0.6) is 0 Å². The van der Waals surface area contributed by atoms with Crippen LogP contribution in [-0.2, 0) is 22.6 Å². The van der Waals surface area contributed by atoms with Crippen molar-refractivity contribution in [1.82, 2.24) is 9.13 Å². The normalized spacial score (nSPS) is 10.3. The Balaban J connectivity index is 2.44. The standard InChI is InChI=1S/C14H14N2O3/c1-3-9-19-13(17)10-16-12-8-6-5-7-11(12)15(4-2)14(16)18/h1,5-8H,4,9-10H2,2H3. The van der Waals surface area contributed by atoms with E-state index in [1.54, 1.807) is 10.6 Å². The van der Waals surface area contributed by atoms with Gasteiger partial charge in [-0.05, 0) is 19.1 Å². The summed E-state index contributed by atoms with van der Waals surface area (Å²) in [5.74, 6) is 1.70. The van der Waals surface area contributed by atoms with Crippen molar-refractivity contribution >= 4 is 17.0 Å². The number of aryl methyl sites for hydroxylation is 1. The van der Waals surface area contributed by atoms with E-state index in [4.69, 9.17) is 11.2 Å². The number of ether oxygens (including phenoxy) is 1. The van der Waals surface area contributed by atoms with Gasteiger partial charge in [-0.15, -0.1) is 6.42 Å². The molecule has 98 valence electrons. The number of aromatic nitrogens is 2. The van der Waals surface area contributed by atoms with Crippen molar-refractivity contribution in [3.63, 3.8) is 0 Å². The fourth-order valence-corrected chi connectivity index (χ4v) is 2.03. The first-order chi connectivity index (χ1) is 9.19. The Morgan fingerprint density at radius 3 is 2.53 bits per heavy atom. The monoisotopic (exact) mass is 258 g/mol. The van der Waals surface area contributed by atoms with Gasteiger partial charge in [-0.1, -0.05) is 18.1 Å². The summed E-state index contributed by atoms with van der Waals surface area (Å²) in [6, 6.07) is 7.33. The molecule has 1 heterocycles. The predicted octanol–water partition coefficient (Wildman–Crippen LogP) is 0.999. The van der Waals surface area contributed by atoms with Crippen LogP contribution in [0, 0.1) is 12.3 Å². The van der Waals surface area contributed by atoms with Crippen LogP contribution in [0.2, 0.25) is 0 Å². The second-order valence-corrected chi connectivity index (χ2v) is 3.97. The Kier molecular flexibility index (Phi) is 3.71. The van der Waals surface area contributed by atoms with Crippen LogP contribution in [-0.4, -0.2) is 21.7 Å². The Hall–Kier alpha value is -2.48. The molecule has 1 aromatic carbocycles. The highest BCUT2D eigenvalue weighted by atomic mass is 16.5. The number of imidazole rings is 1. The molecule has 0 saturated heterocycles. The quantitative estimate of drug-likeness (QED) is 0.607. The highest BCUT2D eigenvalue weighted by Gasteiger charge is 2.14. The molecule has 0 amide bonds. The van der Waals surface area contributed by atoms with Gasteiger partial charge in [-0.2, -0.15) is 0 Å². The van der Waals surface area contributed by atoms with Gasteiger partial charge < -0.3 is 4.74 Å². The van der Waals surface area contributed by atoms with E-state index in [0.29, 0.717) is 12.1 Å². The minimum atomic E-state index is -0.515. The van der Waals surface area contributed by atoms with Gasteiger partial charge >= 0.3 is 11.7 Å². The zero-order chi connectivity index (χ0) is 13.8. The second-order valence-electron chi connectivity index (χ2n) is 3.97. The van der Waals surface area contributed by atoms with Crippen LogP contribution in [0.25, 0.3) is 11.0 Å². The maximum absolute atomic E-state index is 12.2. The van der Waals surface area contributed by atoms with Crippen molar-refractivity contribution in [2.45, 2.75) is 20.0 Å². The number of carbonyl (C=O) groups is 1. The summed E-state index contributed by atoms with van der Waals surface area (Å²) in [6.07, 6.45) is 5.02. The van der Waals surface area contributed by atoms with Gasteiger partial charge in [0.25, 0.3) is 0 Å². The van der Waals surface area contributed by atoms with Crippen LogP contribution in [0.3, 0.4) is 0 Å². The van der Waals surface area contributed by atoms with Gasteiger partial charge in [0.2, 0.25) is 0 Å². The number of rotatable bonds is 4. The van der Waals surface area contributed by atoms with E-state index in [0.717, 1.165) is 5.52 Å². The molecule has 5 nitrogen and oxygen atoms in total. The number of nitrogens with zero attached hydrogens (tertiary/aromatic N) is 2. The van der Waals surface area contributed by atoms with E-state index in [2.05, 4.69) is 5.92 Å². The molecule has 0 unspecified atom stereocenters. The molecule has 0 aliphatic heterocycles. The molecule has 0 aliphatic rings. The Morgan fingerprint density at radius 2 is 1.95 bits per heavy atom. The SMILES string of the molecule is C#CCOC(=O)Cn1c(=O)n(CC)c2ccccc21. The number of hydrogen-bond acceptors (Lipinski definition) is 3. The molecule has 5 heteroatoms. The highest BCUT2D eigenvalue weighted by molar-refractivity contribution is 5.78. The first-order valence-electron chi connectivity index (χ1n) is 5.96. The zero-order valence-corrected chi connectivity index (χ0v) is 10.6. The topological polar surface area (TPSA) is 53.2 Å². The van der Waals surface area contributed by atoms with Crippen molar-refractivity contribution in [3.05, 3.63) is 34.7 Å². The number of benzene rings is 1. The van der Waals surface area contributed by atoms with E-state index in [-0.39, 0.29) is 18.8 Å².